The first kappa shape index (κ1) is 10.1. The highest BCUT2D eigenvalue weighted by Crippen LogP contribution is 2.19. The predicted molar refractivity (Wildman–Crippen MR) is 52.9 cm³/mol. The van der Waals surface area contributed by atoms with Crippen molar-refractivity contribution in [1.82, 2.24) is 5.32 Å². The fourth-order valence-corrected chi connectivity index (χ4v) is 1.58. The van der Waals surface area contributed by atoms with Crippen molar-refractivity contribution in [2.45, 2.75) is 25.0 Å². The second kappa shape index (κ2) is 3.98. The van der Waals surface area contributed by atoms with E-state index in [1.54, 1.807) is 0 Å². The van der Waals surface area contributed by atoms with Crippen molar-refractivity contribution >= 4 is 5.91 Å². The molecule has 0 radical (unpaired) electrons. The van der Waals surface area contributed by atoms with Crippen molar-refractivity contribution in [3.05, 3.63) is 35.6 Å². The average molecular weight is 209 g/mol. The zero-order valence-electron chi connectivity index (χ0n) is 8.11. The minimum atomic E-state index is -0.356. The van der Waals surface area contributed by atoms with E-state index in [1.807, 2.05) is 0 Å². The molecule has 80 valence electrons. The molecule has 0 bridgehead atoms. The number of aliphatic hydroxyl groups is 1. The molecule has 1 aliphatic rings. The van der Waals surface area contributed by atoms with Gasteiger partial charge in [0.05, 0.1) is 6.10 Å². The van der Waals surface area contributed by atoms with Crippen LogP contribution >= 0.6 is 0 Å². The Hall–Kier alpha value is -1.42. The van der Waals surface area contributed by atoms with Gasteiger partial charge < -0.3 is 10.4 Å². The molecular weight excluding hydrogens is 197 g/mol. The number of amides is 1. The fraction of sp³-hybridized carbons (Fsp3) is 0.364. The third-order valence-corrected chi connectivity index (χ3v) is 2.55. The number of rotatable bonds is 2. The normalized spacial score (nSPS) is 24.4. The minimum absolute atomic E-state index is 0.0533. The maximum absolute atomic E-state index is 12.6. The smallest absolute Gasteiger partial charge is 0.251 e. The van der Waals surface area contributed by atoms with Gasteiger partial charge in [0.25, 0.3) is 5.91 Å². The summed E-state index contributed by atoms with van der Waals surface area (Å²) in [7, 11) is 0. The Balaban J connectivity index is 1.93. The highest BCUT2D eigenvalue weighted by molar-refractivity contribution is 5.94. The predicted octanol–water partition coefficient (Wildman–Crippen LogP) is 1.08. The summed E-state index contributed by atoms with van der Waals surface area (Å²) in [6.07, 6.45) is 0.920. The van der Waals surface area contributed by atoms with Crippen LogP contribution in [0.2, 0.25) is 0 Å². The van der Waals surface area contributed by atoms with E-state index in [0.29, 0.717) is 18.4 Å². The van der Waals surface area contributed by atoms with Crippen molar-refractivity contribution in [3.8, 4) is 0 Å². The van der Waals surface area contributed by atoms with Crippen LogP contribution < -0.4 is 5.32 Å². The van der Waals surface area contributed by atoms with Crippen molar-refractivity contribution in [2.24, 2.45) is 0 Å². The summed E-state index contributed by atoms with van der Waals surface area (Å²) in [4.78, 5) is 11.6. The zero-order valence-corrected chi connectivity index (χ0v) is 8.11. The number of halogens is 1. The average Bonchev–Trinajstić information content (AvgIpc) is 2.16. The van der Waals surface area contributed by atoms with Crippen LogP contribution in [0.15, 0.2) is 24.3 Å². The number of carbonyl (C=O) groups is 1. The van der Waals surface area contributed by atoms with Crippen LogP contribution in [-0.4, -0.2) is 23.2 Å². The number of hydrogen-bond acceptors (Lipinski definition) is 2. The number of nitrogens with one attached hydrogen (secondary N) is 1. The molecule has 1 aromatic carbocycles. The molecule has 2 rings (SSSR count). The summed E-state index contributed by atoms with van der Waals surface area (Å²) in [6.45, 7) is 0. The zero-order chi connectivity index (χ0) is 10.8. The first-order valence-electron chi connectivity index (χ1n) is 4.89. The van der Waals surface area contributed by atoms with Crippen molar-refractivity contribution < 1.29 is 14.3 Å². The molecule has 0 unspecified atom stereocenters. The maximum atomic E-state index is 12.6. The molecule has 4 heteroatoms. The third-order valence-electron chi connectivity index (χ3n) is 2.55. The molecule has 2 N–H and O–H groups in total. The molecule has 1 aliphatic carbocycles. The summed E-state index contributed by atoms with van der Waals surface area (Å²) < 4.78 is 12.6. The minimum Gasteiger partial charge on any atom is -0.393 e. The van der Waals surface area contributed by atoms with Crippen LogP contribution in [0.4, 0.5) is 4.39 Å². The molecule has 1 fully saturated rings. The van der Waals surface area contributed by atoms with Gasteiger partial charge in [0.1, 0.15) is 5.82 Å². The number of hydrogen-bond donors (Lipinski definition) is 2. The second-order valence-electron chi connectivity index (χ2n) is 3.80. The van der Waals surface area contributed by atoms with Gasteiger partial charge >= 0.3 is 0 Å². The summed E-state index contributed by atoms with van der Waals surface area (Å²) >= 11 is 0. The van der Waals surface area contributed by atoms with E-state index in [9.17, 15) is 9.18 Å². The summed E-state index contributed by atoms with van der Waals surface area (Å²) in [6, 6.07) is 5.45. The lowest BCUT2D eigenvalue weighted by atomic mass is 9.89. The van der Waals surface area contributed by atoms with Crippen molar-refractivity contribution in [1.29, 1.82) is 0 Å². The number of aliphatic hydroxyl groups excluding tert-OH is 1. The standard InChI is InChI=1S/C11H12FNO2/c12-8-3-1-7(2-4-8)11(15)13-9-5-10(14)6-9/h1-4,9-10,14H,5-6H2,(H,13,15). The monoisotopic (exact) mass is 209 g/mol. The Morgan fingerprint density at radius 2 is 1.93 bits per heavy atom. The molecule has 1 aromatic rings. The first-order chi connectivity index (χ1) is 7.15. The molecule has 3 nitrogen and oxygen atoms in total. The fourth-order valence-electron chi connectivity index (χ4n) is 1.58. The van der Waals surface area contributed by atoms with Gasteiger partial charge in [-0.3, -0.25) is 4.79 Å². The van der Waals surface area contributed by atoms with Crippen molar-refractivity contribution in [3.63, 3.8) is 0 Å². The Labute approximate surface area is 86.9 Å². The third kappa shape index (κ3) is 2.33. The topological polar surface area (TPSA) is 49.3 Å². The van der Waals surface area contributed by atoms with Gasteiger partial charge in [-0.25, -0.2) is 4.39 Å². The van der Waals surface area contributed by atoms with Gasteiger partial charge in [-0.1, -0.05) is 0 Å². The highest BCUT2D eigenvalue weighted by atomic mass is 19.1. The van der Waals surface area contributed by atoms with E-state index in [2.05, 4.69) is 5.32 Å². The van der Waals surface area contributed by atoms with Crippen LogP contribution in [0.5, 0.6) is 0 Å². The first-order valence-corrected chi connectivity index (χ1v) is 4.89. The van der Waals surface area contributed by atoms with Gasteiger partial charge in [0, 0.05) is 11.6 Å². The van der Waals surface area contributed by atoms with Crippen LogP contribution in [-0.2, 0) is 0 Å². The van der Waals surface area contributed by atoms with Gasteiger partial charge in [0.15, 0.2) is 0 Å². The highest BCUT2D eigenvalue weighted by Gasteiger charge is 2.28. The summed E-state index contributed by atoms with van der Waals surface area (Å²) in [5.74, 6) is -0.572. The molecule has 1 amide bonds. The Morgan fingerprint density at radius 1 is 1.33 bits per heavy atom. The van der Waals surface area contributed by atoms with Crippen LogP contribution in [0.3, 0.4) is 0 Å². The van der Waals surface area contributed by atoms with Gasteiger partial charge in [0.2, 0.25) is 0 Å². The Kier molecular flexibility index (Phi) is 2.68. The van der Waals surface area contributed by atoms with Crippen LogP contribution in [0, 0.1) is 5.82 Å². The summed E-state index contributed by atoms with van der Waals surface area (Å²) in [5.41, 5.74) is 0.442. The molecule has 1 saturated carbocycles. The maximum Gasteiger partial charge on any atom is 0.251 e. The van der Waals surface area contributed by atoms with Crippen molar-refractivity contribution in [2.75, 3.05) is 0 Å². The Bertz CT molecular complexity index is 357. The number of benzene rings is 1. The van der Waals surface area contributed by atoms with Gasteiger partial charge in [-0.15, -0.1) is 0 Å². The molecule has 0 aliphatic heterocycles. The van der Waals surface area contributed by atoms with Crippen LogP contribution in [0.25, 0.3) is 0 Å². The lowest BCUT2D eigenvalue weighted by molar-refractivity contribution is 0.0562. The van der Waals surface area contributed by atoms with E-state index in [0.717, 1.165) is 0 Å². The SMILES string of the molecule is O=C(NC1CC(O)C1)c1ccc(F)cc1. The van der Waals surface area contributed by atoms with E-state index in [-0.39, 0.29) is 23.9 Å². The molecule has 0 saturated heterocycles. The van der Waals surface area contributed by atoms with Gasteiger partial charge in [-0.2, -0.15) is 0 Å². The Morgan fingerprint density at radius 3 is 2.47 bits per heavy atom. The lowest BCUT2D eigenvalue weighted by Gasteiger charge is -2.31. The molecule has 0 aromatic heterocycles. The van der Waals surface area contributed by atoms with E-state index >= 15 is 0 Å². The molecule has 0 atom stereocenters. The molecular formula is C11H12FNO2. The lowest BCUT2D eigenvalue weighted by Crippen LogP contribution is -2.46. The molecule has 0 spiro atoms. The van der Waals surface area contributed by atoms with Crippen LogP contribution in [0.1, 0.15) is 23.2 Å². The largest absolute Gasteiger partial charge is 0.393 e. The molecule has 0 heterocycles. The number of carbonyl (C=O) groups excluding carboxylic acids is 1. The molecule has 15 heavy (non-hydrogen) atoms. The van der Waals surface area contributed by atoms with E-state index in [1.165, 1.54) is 24.3 Å². The van der Waals surface area contributed by atoms with E-state index in [4.69, 9.17) is 5.11 Å². The van der Waals surface area contributed by atoms with E-state index < -0.39 is 0 Å². The summed E-state index contributed by atoms with van der Waals surface area (Å²) in [5, 5.41) is 11.8. The second-order valence-corrected chi connectivity index (χ2v) is 3.80. The quantitative estimate of drug-likeness (QED) is 0.765. The van der Waals surface area contributed by atoms with Gasteiger partial charge in [-0.05, 0) is 37.1 Å².